The SMILES string of the molecule is [c]1cc2ccccc2nc1-c1ccco1. The Morgan fingerprint density at radius 2 is 2.00 bits per heavy atom. The van der Waals surface area contributed by atoms with E-state index in [2.05, 4.69) is 11.1 Å². The van der Waals surface area contributed by atoms with Gasteiger partial charge in [0.05, 0.1) is 11.8 Å². The Bertz CT molecular complexity index is 584. The number of benzene rings is 1. The fourth-order valence-electron chi connectivity index (χ4n) is 1.55. The summed E-state index contributed by atoms with van der Waals surface area (Å²) in [6, 6.07) is 16.7. The fraction of sp³-hybridized carbons (Fsp3) is 0. The highest BCUT2D eigenvalue weighted by molar-refractivity contribution is 5.80. The van der Waals surface area contributed by atoms with Crippen molar-refractivity contribution in [3.8, 4) is 11.5 Å². The highest BCUT2D eigenvalue weighted by Crippen LogP contribution is 2.20. The predicted octanol–water partition coefficient (Wildman–Crippen LogP) is 3.29. The van der Waals surface area contributed by atoms with Crippen LogP contribution in [0, 0.1) is 6.07 Å². The molecular formula is C13H8NO. The van der Waals surface area contributed by atoms with Gasteiger partial charge >= 0.3 is 0 Å². The lowest BCUT2D eigenvalue weighted by atomic mass is 10.2. The van der Waals surface area contributed by atoms with E-state index >= 15 is 0 Å². The Labute approximate surface area is 87.2 Å². The number of hydrogen-bond donors (Lipinski definition) is 0. The molecule has 0 atom stereocenters. The lowest BCUT2D eigenvalue weighted by Gasteiger charge is -1.98. The van der Waals surface area contributed by atoms with Crippen LogP contribution in [0.25, 0.3) is 22.4 Å². The number of hydrogen-bond acceptors (Lipinski definition) is 2. The van der Waals surface area contributed by atoms with E-state index in [0.29, 0.717) is 0 Å². The molecule has 1 radical (unpaired) electrons. The van der Waals surface area contributed by atoms with Crippen LogP contribution >= 0.6 is 0 Å². The van der Waals surface area contributed by atoms with Crippen LogP contribution in [0.5, 0.6) is 0 Å². The number of aromatic nitrogens is 1. The van der Waals surface area contributed by atoms with Crippen molar-refractivity contribution in [1.29, 1.82) is 0 Å². The van der Waals surface area contributed by atoms with Crippen molar-refractivity contribution in [2.75, 3.05) is 0 Å². The van der Waals surface area contributed by atoms with Crippen molar-refractivity contribution in [1.82, 2.24) is 4.98 Å². The summed E-state index contributed by atoms with van der Waals surface area (Å²) in [6.45, 7) is 0. The molecule has 3 aromatic rings. The number of para-hydroxylation sites is 1. The molecule has 2 aromatic heterocycles. The van der Waals surface area contributed by atoms with Crippen LogP contribution in [0.1, 0.15) is 0 Å². The van der Waals surface area contributed by atoms with Crippen LogP contribution in [0.4, 0.5) is 0 Å². The van der Waals surface area contributed by atoms with Crippen LogP contribution in [0.2, 0.25) is 0 Å². The van der Waals surface area contributed by atoms with E-state index in [0.717, 1.165) is 22.4 Å². The third-order valence-electron chi connectivity index (χ3n) is 2.29. The van der Waals surface area contributed by atoms with Crippen LogP contribution < -0.4 is 0 Å². The first kappa shape index (κ1) is 8.24. The zero-order chi connectivity index (χ0) is 10.1. The van der Waals surface area contributed by atoms with Gasteiger partial charge in [0, 0.05) is 11.5 Å². The van der Waals surface area contributed by atoms with Gasteiger partial charge in [-0.3, -0.25) is 0 Å². The van der Waals surface area contributed by atoms with E-state index in [1.54, 1.807) is 6.26 Å². The summed E-state index contributed by atoms with van der Waals surface area (Å²) < 4.78 is 5.27. The second-order valence-corrected chi connectivity index (χ2v) is 3.29. The van der Waals surface area contributed by atoms with E-state index in [9.17, 15) is 0 Å². The van der Waals surface area contributed by atoms with Crippen molar-refractivity contribution in [3.63, 3.8) is 0 Å². The Morgan fingerprint density at radius 1 is 1.07 bits per heavy atom. The number of rotatable bonds is 1. The van der Waals surface area contributed by atoms with Gasteiger partial charge in [-0.2, -0.15) is 0 Å². The summed E-state index contributed by atoms with van der Waals surface area (Å²) in [6.07, 6.45) is 1.64. The third-order valence-corrected chi connectivity index (χ3v) is 2.29. The maximum atomic E-state index is 5.27. The van der Waals surface area contributed by atoms with E-state index in [-0.39, 0.29) is 0 Å². The second kappa shape index (κ2) is 3.24. The molecule has 1 aromatic carbocycles. The highest BCUT2D eigenvalue weighted by Gasteiger charge is 2.03. The summed E-state index contributed by atoms with van der Waals surface area (Å²) in [7, 11) is 0. The Morgan fingerprint density at radius 3 is 2.87 bits per heavy atom. The van der Waals surface area contributed by atoms with Crippen molar-refractivity contribution in [2.24, 2.45) is 0 Å². The molecule has 0 saturated carbocycles. The van der Waals surface area contributed by atoms with Crippen molar-refractivity contribution < 1.29 is 4.42 Å². The minimum atomic E-state index is 0.749. The van der Waals surface area contributed by atoms with Gasteiger partial charge in [-0.15, -0.1) is 0 Å². The quantitative estimate of drug-likeness (QED) is 0.594. The number of pyridine rings is 1. The predicted molar refractivity (Wildman–Crippen MR) is 58.3 cm³/mol. The molecule has 2 heteroatoms. The van der Waals surface area contributed by atoms with Gasteiger partial charge in [-0.25, -0.2) is 4.98 Å². The molecule has 0 aliphatic rings. The first-order valence-corrected chi connectivity index (χ1v) is 4.75. The molecule has 0 aliphatic carbocycles. The standard InChI is InChI=1S/C13H8NO/c1-2-5-11-10(4-1)7-8-12(14-11)13-6-3-9-15-13/h1-7,9H. The van der Waals surface area contributed by atoms with Gasteiger partial charge < -0.3 is 4.42 Å². The molecule has 0 fully saturated rings. The number of nitrogens with zero attached hydrogens (tertiary/aromatic N) is 1. The maximum Gasteiger partial charge on any atom is 0.152 e. The average Bonchev–Trinajstić information content (AvgIpc) is 2.82. The van der Waals surface area contributed by atoms with E-state index in [1.165, 1.54) is 0 Å². The van der Waals surface area contributed by atoms with Crippen LogP contribution in [0.3, 0.4) is 0 Å². The maximum absolute atomic E-state index is 5.27. The van der Waals surface area contributed by atoms with Crippen LogP contribution in [0.15, 0.2) is 53.1 Å². The first-order chi connectivity index (χ1) is 7.43. The van der Waals surface area contributed by atoms with Crippen molar-refractivity contribution >= 4 is 10.9 Å². The molecule has 0 bridgehead atoms. The van der Waals surface area contributed by atoms with Crippen molar-refractivity contribution in [3.05, 3.63) is 54.8 Å². The number of furan rings is 1. The molecular weight excluding hydrogens is 186 g/mol. The monoisotopic (exact) mass is 194 g/mol. The largest absolute Gasteiger partial charge is 0.463 e. The Balaban J connectivity index is 2.22. The molecule has 2 heterocycles. The molecule has 0 amide bonds. The minimum Gasteiger partial charge on any atom is -0.463 e. The van der Waals surface area contributed by atoms with E-state index < -0.39 is 0 Å². The first-order valence-electron chi connectivity index (χ1n) is 4.75. The zero-order valence-electron chi connectivity index (χ0n) is 7.97. The lowest BCUT2D eigenvalue weighted by molar-refractivity contribution is 0.580. The molecule has 3 rings (SSSR count). The molecule has 0 saturated heterocycles. The summed E-state index contributed by atoms with van der Waals surface area (Å²) in [5, 5.41) is 1.09. The Kier molecular flexibility index (Phi) is 1.78. The summed E-state index contributed by atoms with van der Waals surface area (Å²) in [4.78, 5) is 4.47. The fourth-order valence-corrected chi connectivity index (χ4v) is 1.55. The molecule has 0 N–H and O–H groups in total. The minimum absolute atomic E-state index is 0.749. The lowest BCUT2D eigenvalue weighted by Crippen LogP contribution is -1.83. The summed E-state index contributed by atoms with van der Waals surface area (Å²) in [5.74, 6) is 0.751. The molecule has 0 unspecified atom stereocenters. The molecule has 0 spiro atoms. The summed E-state index contributed by atoms with van der Waals surface area (Å²) in [5.41, 5.74) is 1.71. The average molecular weight is 194 g/mol. The van der Waals surface area contributed by atoms with E-state index in [1.807, 2.05) is 42.5 Å². The summed E-state index contributed by atoms with van der Waals surface area (Å²) >= 11 is 0. The van der Waals surface area contributed by atoms with Gasteiger partial charge in [0.15, 0.2) is 5.76 Å². The molecule has 15 heavy (non-hydrogen) atoms. The normalized spacial score (nSPS) is 10.7. The van der Waals surface area contributed by atoms with Crippen LogP contribution in [-0.2, 0) is 0 Å². The second-order valence-electron chi connectivity index (χ2n) is 3.29. The molecule has 0 aliphatic heterocycles. The van der Waals surface area contributed by atoms with Crippen LogP contribution in [-0.4, -0.2) is 4.98 Å². The Hall–Kier alpha value is -2.09. The zero-order valence-corrected chi connectivity index (χ0v) is 7.97. The van der Waals surface area contributed by atoms with Gasteiger partial charge in [-0.1, -0.05) is 18.2 Å². The molecule has 2 nitrogen and oxygen atoms in total. The number of fused-ring (bicyclic) bond motifs is 1. The topological polar surface area (TPSA) is 26.0 Å². The smallest absolute Gasteiger partial charge is 0.152 e. The van der Waals surface area contributed by atoms with Gasteiger partial charge in [-0.05, 0) is 24.3 Å². The third kappa shape index (κ3) is 1.40. The molecule has 71 valence electrons. The van der Waals surface area contributed by atoms with Gasteiger partial charge in [0.25, 0.3) is 0 Å². The van der Waals surface area contributed by atoms with Gasteiger partial charge in [0.2, 0.25) is 0 Å². The highest BCUT2D eigenvalue weighted by atomic mass is 16.3. The van der Waals surface area contributed by atoms with Gasteiger partial charge in [0.1, 0.15) is 5.69 Å². The van der Waals surface area contributed by atoms with E-state index in [4.69, 9.17) is 4.42 Å². The van der Waals surface area contributed by atoms with Crippen molar-refractivity contribution in [2.45, 2.75) is 0 Å².